The number of carbonyl (C=O) groups excluding carboxylic acids is 13. The van der Waals surface area contributed by atoms with Crippen molar-refractivity contribution < 1.29 is 98.1 Å². The van der Waals surface area contributed by atoms with Crippen LogP contribution in [0.4, 0.5) is 0 Å². The Balaban J connectivity index is 2.98. The summed E-state index contributed by atoms with van der Waals surface area (Å²) in [4.78, 5) is 187. The fourth-order valence-electron chi connectivity index (χ4n) is 11.4. The Morgan fingerprint density at radius 1 is 0.541 bits per heavy atom. The van der Waals surface area contributed by atoms with Gasteiger partial charge in [-0.25, -0.2) is 0 Å². The molecule has 2 aliphatic heterocycles. The second-order valence-electron chi connectivity index (χ2n) is 27.7. The van der Waals surface area contributed by atoms with Crippen LogP contribution in [-0.2, 0) is 62.3 Å². The van der Waals surface area contributed by atoms with E-state index in [1.165, 1.54) is 48.5 Å². The van der Waals surface area contributed by atoms with Crippen molar-refractivity contribution in [1.82, 2.24) is 63.0 Å². The monoisotopic (exact) mass is 1400 g/mol. The molecular formula is C65H115N13O20. The molecule has 19 atom stereocenters. The van der Waals surface area contributed by atoms with Gasteiger partial charge in [-0.05, 0) is 69.6 Å². The van der Waals surface area contributed by atoms with E-state index in [1.807, 2.05) is 6.92 Å². The average Bonchev–Trinajstić information content (AvgIpc) is 1.56. The number of carbonyl (C=O) groups is 13. The van der Waals surface area contributed by atoms with Gasteiger partial charge in [0.2, 0.25) is 76.8 Å². The fraction of sp³-hybridized carbons (Fsp3) is 0.800. The van der Waals surface area contributed by atoms with E-state index in [0.717, 1.165) is 43.0 Å². The van der Waals surface area contributed by atoms with Crippen molar-refractivity contribution in [2.45, 2.75) is 283 Å². The van der Waals surface area contributed by atoms with Gasteiger partial charge in [-0.1, -0.05) is 115 Å². The summed E-state index contributed by atoms with van der Waals surface area (Å²) in [5.74, 6) is -17.2. The van der Waals surface area contributed by atoms with Gasteiger partial charge < -0.3 is 104 Å². The minimum Gasteiger partial charge on any atom is -0.394 e. The van der Waals surface area contributed by atoms with E-state index in [9.17, 15) is 98.1 Å². The molecule has 2 fully saturated rings. The van der Waals surface area contributed by atoms with Crippen LogP contribution in [0.2, 0.25) is 0 Å². The lowest BCUT2D eigenvalue weighted by Gasteiger charge is -2.36. The maximum Gasteiger partial charge on any atom is 0.248 e. The average molecular weight is 1400 g/mol. The maximum atomic E-state index is 14.7. The Morgan fingerprint density at radius 2 is 1.03 bits per heavy atom. The molecule has 2 heterocycles. The van der Waals surface area contributed by atoms with Crippen molar-refractivity contribution in [3.8, 4) is 0 Å². The molecule has 19 N–H and O–H groups in total. The number of nitrogens with two attached hydrogens (primary N) is 1. The number of primary amides is 1. The zero-order valence-electron chi connectivity index (χ0n) is 59.6. The zero-order valence-corrected chi connectivity index (χ0v) is 59.6. The van der Waals surface area contributed by atoms with Gasteiger partial charge in [-0.3, -0.25) is 62.3 Å². The van der Waals surface area contributed by atoms with E-state index in [-0.39, 0.29) is 25.2 Å². The maximum absolute atomic E-state index is 14.7. The zero-order chi connectivity index (χ0) is 74.9. The molecule has 0 bridgehead atoms. The standard InChI is InChI=1S/C65H115N13O20/c1-16-18-19-20-21-22-38-26-45(85)71-46(31(5)6)58(91)76-50(53(86)32(7)8)61(94)67-35(12)55(88)75-51(54(87)33(9)10)62(95)69-40(23-24-44(66)84)64(97)77(15)52(34(11)17-2)63(96)74-49(43(83)29-79)60(93)73-48(37(14)81)65(98)78-28-39(82)27-42(78)57(90)70-41(25-30(3)4)56(89)72-47(36(13)80)59(92)68-38/h30-43,46-54,79-83,86-87H,16-29H2,1-15H3,(H2,66,84)(H,67,94)(H,68,92)(H,69,95)(H,70,90)(H,71,85)(H,72,89)(H,73,93)(H,74,96)(H,75,88)(H,76,91)/t34?,35-,36+,37+,38+,39+,40+,41+,42-,43-,46-,47-,48-,49+,50+,51+,52-,53-,54+/m0/s1. The number of likely N-dealkylation sites (N-methyl/N-ethyl adjacent to an activating group) is 1. The molecule has 0 radical (unpaired) electrons. The van der Waals surface area contributed by atoms with E-state index < -0.39 is 248 Å². The molecule has 2 aliphatic rings. The molecule has 13 amide bonds. The highest BCUT2D eigenvalue weighted by Crippen LogP contribution is 2.23. The fourth-order valence-corrected chi connectivity index (χ4v) is 11.4. The lowest BCUT2D eigenvalue weighted by molar-refractivity contribution is -0.147. The van der Waals surface area contributed by atoms with E-state index in [4.69, 9.17) is 5.73 Å². The first-order valence-corrected chi connectivity index (χ1v) is 34.2. The number of unbranched alkanes of at least 4 members (excludes halogenated alkanes) is 4. The lowest BCUT2D eigenvalue weighted by Crippen LogP contribution is -2.65. The second kappa shape index (κ2) is 41.4. The number of hydrogen-bond acceptors (Lipinski definition) is 20. The predicted molar refractivity (Wildman–Crippen MR) is 356 cm³/mol. The van der Waals surface area contributed by atoms with E-state index in [1.54, 1.807) is 34.6 Å². The summed E-state index contributed by atoms with van der Waals surface area (Å²) in [7, 11) is 1.13. The SMILES string of the molecule is CCCCCCC[C@@H]1CC(=O)N[C@@H](C(C)C)C(=O)N[C@H]([C@@H](O)C(C)C)C(=O)N[C@@H](C)C(=O)N[C@H]([C@H](O)C(C)C)C(=O)N[C@H](CCC(N)=O)C(=O)N(C)[C@@H](C(C)CC)C(=O)N[C@H]([C@@H](O)CO)C(=O)N[C@@H]([C@@H](C)O)C(=O)N2C[C@H](O)C[C@H]2C(=O)N[C@H](CC(C)C)C(=O)N[C@@H]([C@@H](C)O)C(=O)N1. The highest BCUT2D eigenvalue weighted by atomic mass is 16.3. The molecular weight excluding hydrogens is 1280 g/mol. The number of aliphatic hydroxyl groups is 7. The molecule has 33 nitrogen and oxygen atoms in total. The van der Waals surface area contributed by atoms with Crippen LogP contribution in [0.1, 0.15) is 174 Å². The summed E-state index contributed by atoms with van der Waals surface area (Å²) >= 11 is 0. The van der Waals surface area contributed by atoms with Gasteiger partial charge >= 0.3 is 0 Å². The van der Waals surface area contributed by atoms with E-state index in [2.05, 4.69) is 53.2 Å². The predicted octanol–water partition coefficient (Wildman–Crippen LogP) is -4.43. The van der Waals surface area contributed by atoms with Crippen molar-refractivity contribution in [3.05, 3.63) is 0 Å². The molecule has 0 spiro atoms. The van der Waals surface area contributed by atoms with Crippen molar-refractivity contribution in [1.29, 1.82) is 0 Å². The Morgan fingerprint density at radius 3 is 1.54 bits per heavy atom. The van der Waals surface area contributed by atoms with Gasteiger partial charge in [-0.2, -0.15) is 0 Å². The molecule has 2 saturated heterocycles. The van der Waals surface area contributed by atoms with Crippen LogP contribution in [0.5, 0.6) is 0 Å². The molecule has 2 rings (SSSR count). The summed E-state index contributed by atoms with van der Waals surface area (Å²) in [6.07, 6.45) is -8.27. The summed E-state index contributed by atoms with van der Waals surface area (Å²) < 4.78 is 0. The molecule has 0 aromatic rings. The first-order chi connectivity index (χ1) is 45.6. The third kappa shape index (κ3) is 26.5. The molecule has 0 aromatic carbocycles. The van der Waals surface area contributed by atoms with Crippen LogP contribution < -0.4 is 58.9 Å². The normalized spacial score (nSPS) is 28.7. The summed E-state index contributed by atoms with van der Waals surface area (Å²) in [5.41, 5.74) is 5.50. The largest absolute Gasteiger partial charge is 0.394 e. The molecule has 98 heavy (non-hydrogen) atoms. The van der Waals surface area contributed by atoms with Gasteiger partial charge in [0.15, 0.2) is 0 Å². The summed E-state index contributed by atoms with van der Waals surface area (Å²) in [6, 6.07) is -20.1. The van der Waals surface area contributed by atoms with Crippen molar-refractivity contribution in [2.75, 3.05) is 20.2 Å². The number of amides is 13. The molecule has 0 aliphatic carbocycles. The van der Waals surface area contributed by atoms with Gasteiger partial charge in [0.05, 0.1) is 37.1 Å². The van der Waals surface area contributed by atoms with Crippen LogP contribution in [-0.4, -0.2) is 252 Å². The first kappa shape index (κ1) is 86.9. The van der Waals surface area contributed by atoms with E-state index in [0.29, 0.717) is 12.8 Å². The Kier molecular flexibility index (Phi) is 36.7. The van der Waals surface area contributed by atoms with E-state index >= 15 is 0 Å². The second-order valence-corrected chi connectivity index (χ2v) is 27.7. The van der Waals surface area contributed by atoms with Crippen molar-refractivity contribution >= 4 is 76.8 Å². The number of nitrogens with zero attached hydrogens (tertiary/aromatic N) is 2. The summed E-state index contributed by atoms with van der Waals surface area (Å²) in [5, 5.41) is 102. The van der Waals surface area contributed by atoms with Crippen LogP contribution in [0, 0.1) is 29.6 Å². The number of fused-ring (bicyclic) bond motifs is 1. The third-order valence-electron chi connectivity index (χ3n) is 17.6. The lowest BCUT2D eigenvalue weighted by atomic mass is 9.94. The van der Waals surface area contributed by atoms with Gasteiger partial charge in [0, 0.05) is 38.9 Å². The molecule has 1 unspecified atom stereocenters. The minimum atomic E-state index is -2.17. The molecule has 560 valence electrons. The van der Waals surface area contributed by atoms with Crippen LogP contribution in [0.15, 0.2) is 0 Å². The highest BCUT2D eigenvalue weighted by molar-refractivity contribution is 6.00. The number of hydrogen-bond donors (Lipinski definition) is 18. The topological polar surface area (TPSA) is 516 Å². The van der Waals surface area contributed by atoms with Gasteiger partial charge in [0.25, 0.3) is 0 Å². The van der Waals surface area contributed by atoms with Crippen LogP contribution in [0.25, 0.3) is 0 Å². The Hall–Kier alpha value is -7.17. The quantitative estimate of drug-likeness (QED) is 0.0455. The van der Waals surface area contributed by atoms with Crippen molar-refractivity contribution in [2.24, 2.45) is 35.3 Å². The van der Waals surface area contributed by atoms with Crippen LogP contribution >= 0.6 is 0 Å². The third-order valence-corrected chi connectivity index (χ3v) is 17.6. The van der Waals surface area contributed by atoms with Gasteiger partial charge in [0.1, 0.15) is 72.6 Å². The number of aliphatic hydroxyl groups excluding tert-OH is 7. The molecule has 0 saturated carbocycles. The van der Waals surface area contributed by atoms with Crippen molar-refractivity contribution in [3.63, 3.8) is 0 Å². The smallest absolute Gasteiger partial charge is 0.248 e. The number of nitrogens with one attached hydrogen (secondary N) is 10. The van der Waals surface area contributed by atoms with Crippen LogP contribution in [0.3, 0.4) is 0 Å². The highest BCUT2D eigenvalue weighted by Gasteiger charge is 2.47. The Bertz CT molecular complexity index is 2700. The molecule has 0 aromatic heterocycles. The van der Waals surface area contributed by atoms with Gasteiger partial charge in [-0.15, -0.1) is 0 Å². The first-order valence-electron chi connectivity index (χ1n) is 34.2. The summed E-state index contributed by atoms with van der Waals surface area (Å²) in [6.45, 7) is 19.5. The number of rotatable bonds is 22. The Labute approximate surface area is 574 Å². The molecule has 33 heteroatoms. The minimum absolute atomic E-state index is 0.0942.